The van der Waals surface area contributed by atoms with Gasteiger partial charge < -0.3 is 15.3 Å². The van der Waals surface area contributed by atoms with Crippen LogP contribution < -0.4 is 5.69 Å². The maximum Gasteiger partial charge on any atom is 0.348 e. The molecule has 0 atom stereocenters. The Bertz CT molecular complexity index is 736. The van der Waals surface area contributed by atoms with Crippen molar-refractivity contribution in [2.24, 2.45) is 0 Å². The van der Waals surface area contributed by atoms with Crippen molar-refractivity contribution in [2.75, 3.05) is 0 Å². The third-order valence-electron chi connectivity index (χ3n) is 3.04. The van der Waals surface area contributed by atoms with Crippen LogP contribution in [0, 0.1) is 6.92 Å². The molecule has 0 bridgehead atoms. The van der Waals surface area contributed by atoms with E-state index in [2.05, 4.69) is 4.98 Å². The quantitative estimate of drug-likeness (QED) is 0.718. The molecule has 7 heteroatoms. The fraction of sp³-hybridized carbons (Fsp3) is 0.308. The SMILES string of the molecule is Cc1nc(=O)n(CCCC(=O)O)c2cc(O)c(O)cc12. The average molecular weight is 278 g/mol. The van der Waals surface area contributed by atoms with E-state index in [1.807, 2.05) is 0 Å². The van der Waals surface area contributed by atoms with Crippen LogP contribution in [0.2, 0.25) is 0 Å². The molecule has 0 radical (unpaired) electrons. The molecule has 0 saturated heterocycles. The summed E-state index contributed by atoms with van der Waals surface area (Å²) < 4.78 is 1.30. The molecular weight excluding hydrogens is 264 g/mol. The van der Waals surface area contributed by atoms with E-state index in [9.17, 15) is 19.8 Å². The second-order valence-electron chi connectivity index (χ2n) is 4.49. The summed E-state index contributed by atoms with van der Waals surface area (Å²) in [6, 6.07) is 2.61. The zero-order valence-corrected chi connectivity index (χ0v) is 10.8. The van der Waals surface area contributed by atoms with Crippen LogP contribution >= 0.6 is 0 Å². The molecule has 0 spiro atoms. The van der Waals surface area contributed by atoms with E-state index in [0.717, 1.165) is 0 Å². The minimum absolute atomic E-state index is 0.0636. The molecule has 0 unspecified atom stereocenters. The van der Waals surface area contributed by atoms with Crippen LogP contribution in [0.4, 0.5) is 0 Å². The molecule has 3 N–H and O–H groups in total. The number of benzene rings is 1. The van der Waals surface area contributed by atoms with Gasteiger partial charge in [-0.3, -0.25) is 9.36 Å². The zero-order chi connectivity index (χ0) is 14.9. The van der Waals surface area contributed by atoms with E-state index < -0.39 is 11.7 Å². The first-order chi connectivity index (χ1) is 9.40. The standard InChI is InChI=1S/C13H14N2O5/c1-7-8-5-10(16)11(17)6-9(8)15(13(20)14-7)4-2-3-12(18)19/h5-6,16-17H,2-4H2,1H3,(H,18,19). The summed E-state index contributed by atoms with van der Waals surface area (Å²) in [6.07, 6.45) is 0.211. The van der Waals surface area contributed by atoms with Gasteiger partial charge in [-0.1, -0.05) is 0 Å². The first-order valence-corrected chi connectivity index (χ1v) is 6.05. The number of hydrogen-bond donors (Lipinski definition) is 3. The zero-order valence-electron chi connectivity index (χ0n) is 10.8. The van der Waals surface area contributed by atoms with Crippen molar-refractivity contribution in [1.29, 1.82) is 0 Å². The van der Waals surface area contributed by atoms with Gasteiger partial charge in [0, 0.05) is 24.4 Å². The van der Waals surface area contributed by atoms with E-state index in [1.165, 1.54) is 16.7 Å². The van der Waals surface area contributed by atoms with Crippen LogP contribution in [0.5, 0.6) is 11.5 Å². The normalized spacial score (nSPS) is 10.8. The van der Waals surface area contributed by atoms with Crippen molar-refractivity contribution in [3.8, 4) is 11.5 Å². The van der Waals surface area contributed by atoms with Gasteiger partial charge >= 0.3 is 11.7 Å². The molecule has 7 nitrogen and oxygen atoms in total. The number of aryl methyl sites for hydroxylation is 2. The number of carbonyl (C=O) groups is 1. The summed E-state index contributed by atoms with van der Waals surface area (Å²) in [6.45, 7) is 1.81. The van der Waals surface area contributed by atoms with Crippen molar-refractivity contribution in [3.05, 3.63) is 28.3 Å². The third-order valence-corrected chi connectivity index (χ3v) is 3.04. The fourth-order valence-electron chi connectivity index (χ4n) is 2.05. The Hall–Kier alpha value is -2.57. The van der Waals surface area contributed by atoms with Crippen molar-refractivity contribution in [3.63, 3.8) is 0 Å². The summed E-state index contributed by atoms with van der Waals surface area (Å²) in [5.74, 6) is -1.57. The van der Waals surface area contributed by atoms with Gasteiger partial charge in [0.1, 0.15) is 0 Å². The first kappa shape index (κ1) is 13.9. The summed E-state index contributed by atoms with van der Waals surface area (Å²) >= 11 is 0. The number of aliphatic carboxylic acids is 1. The molecule has 0 aliphatic rings. The number of aromatic hydroxyl groups is 2. The molecule has 0 fully saturated rings. The Labute approximate surface area is 113 Å². The highest BCUT2D eigenvalue weighted by Gasteiger charge is 2.11. The van der Waals surface area contributed by atoms with Crippen molar-refractivity contribution in [1.82, 2.24) is 9.55 Å². The van der Waals surface area contributed by atoms with Crippen LogP contribution in [0.15, 0.2) is 16.9 Å². The number of hydrogen-bond acceptors (Lipinski definition) is 5. The number of phenolic OH excluding ortho intramolecular Hbond substituents is 2. The van der Waals surface area contributed by atoms with Crippen molar-refractivity contribution >= 4 is 16.9 Å². The Morgan fingerprint density at radius 3 is 2.60 bits per heavy atom. The molecule has 106 valence electrons. The van der Waals surface area contributed by atoms with E-state index in [-0.39, 0.29) is 30.9 Å². The van der Waals surface area contributed by atoms with Gasteiger partial charge in [0.15, 0.2) is 11.5 Å². The lowest BCUT2D eigenvalue weighted by atomic mass is 10.1. The van der Waals surface area contributed by atoms with E-state index >= 15 is 0 Å². The molecule has 2 rings (SSSR count). The largest absolute Gasteiger partial charge is 0.504 e. The predicted octanol–water partition coefficient (Wildman–Crippen LogP) is 0.981. The van der Waals surface area contributed by atoms with Gasteiger partial charge in [-0.25, -0.2) is 4.79 Å². The van der Waals surface area contributed by atoms with Gasteiger partial charge in [0.25, 0.3) is 0 Å². The number of phenols is 2. The number of fused-ring (bicyclic) bond motifs is 1. The fourth-order valence-corrected chi connectivity index (χ4v) is 2.05. The maximum absolute atomic E-state index is 11.9. The second kappa shape index (κ2) is 5.20. The van der Waals surface area contributed by atoms with Crippen LogP contribution in [-0.4, -0.2) is 30.8 Å². The first-order valence-electron chi connectivity index (χ1n) is 6.05. The van der Waals surface area contributed by atoms with Gasteiger partial charge in [-0.15, -0.1) is 0 Å². The van der Waals surface area contributed by atoms with E-state index in [1.54, 1.807) is 6.92 Å². The molecule has 0 saturated carbocycles. The molecule has 1 aromatic heterocycles. The summed E-state index contributed by atoms with van der Waals surface area (Å²) in [5, 5.41) is 28.2. The highest BCUT2D eigenvalue weighted by atomic mass is 16.4. The lowest BCUT2D eigenvalue weighted by Gasteiger charge is -2.11. The van der Waals surface area contributed by atoms with Gasteiger partial charge in [-0.2, -0.15) is 4.98 Å². The van der Waals surface area contributed by atoms with Crippen molar-refractivity contribution < 1.29 is 20.1 Å². The molecule has 0 amide bonds. The van der Waals surface area contributed by atoms with E-state index in [0.29, 0.717) is 16.6 Å². The minimum Gasteiger partial charge on any atom is -0.504 e. The number of carboxylic acids is 1. The summed E-state index contributed by atoms with van der Waals surface area (Å²) in [4.78, 5) is 26.2. The smallest absolute Gasteiger partial charge is 0.348 e. The Morgan fingerprint density at radius 2 is 1.95 bits per heavy atom. The molecule has 1 aromatic carbocycles. The third kappa shape index (κ3) is 2.56. The summed E-state index contributed by atoms with van der Waals surface area (Å²) in [5.41, 5.74) is 0.350. The minimum atomic E-state index is -0.942. The molecule has 0 aliphatic heterocycles. The lowest BCUT2D eigenvalue weighted by Crippen LogP contribution is -2.24. The number of nitrogens with zero attached hydrogens (tertiary/aromatic N) is 2. The molecule has 1 heterocycles. The topological polar surface area (TPSA) is 113 Å². The van der Waals surface area contributed by atoms with Gasteiger partial charge in [-0.05, 0) is 19.4 Å². The lowest BCUT2D eigenvalue weighted by molar-refractivity contribution is -0.137. The highest BCUT2D eigenvalue weighted by Crippen LogP contribution is 2.30. The highest BCUT2D eigenvalue weighted by molar-refractivity contribution is 5.84. The van der Waals surface area contributed by atoms with E-state index in [4.69, 9.17) is 5.11 Å². The predicted molar refractivity (Wildman–Crippen MR) is 70.9 cm³/mol. The molecule has 2 aromatic rings. The number of aromatic nitrogens is 2. The van der Waals surface area contributed by atoms with Crippen LogP contribution in [0.1, 0.15) is 18.5 Å². The van der Waals surface area contributed by atoms with Crippen LogP contribution in [0.25, 0.3) is 10.9 Å². The van der Waals surface area contributed by atoms with Crippen molar-refractivity contribution in [2.45, 2.75) is 26.3 Å². The van der Waals surface area contributed by atoms with Gasteiger partial charge in [0.2, 0.25) is 0 Å². The average Bonchev–Trinajstić information content (AvgIpc) is 2.35. The van der Waals surface area contributed by atoms with Crippen LogP contribution in [0.3, 0.4) is 0 Å². The molecule has 0 aliphatic carbocycles. The number of rotatable bonds is 4. The second-order valence-corrected chi connectivity index (χ2v) is 4.49. The molecular formula is C13H14N2O5. The monoisotopic (exact) mass is 278 g/mol. The Balaban J connectivity index is 2.55. The number of carboxylic acid groups (broad SMARTS) is 1. The maximum atomic E-state index is 11.9. The molecule has 20 heavy (non-hydrogen) atoms. The van der Waals surface area contributed by atoms with Crippen LogP contribution in [-0.2, 0) is 11.3 Å². The van der Waals surface area contributed by atoms with Gasteiger partial charge in [0.05, 0.1) is 11.2 Å². The Kier molecular flexibility index (Phi) is 3.60. The Morgan fingerprint density at radius 1 is 1.30 bits per heavy atom. The summed E-state index contributed by atoms with van der Waals surface area (Å²) in [7, 11) is 0.